The highest BCUT2D eigenvalue weighted by molar-refractivity contribution is 7.92. The minimum atomic E-state index is -3.25. The molecule has 2 N–H and O–H groups in total. The quantitative estimate of drug-likeness (QED) is 0.535. The number of nitrogens with one attached hydrogen (secondary N) is 2. The zero-order valence-corrected chi connectivity index (χ0v) is 15.5. The van der Waals surface area contributed by atoms with Gasteiger partial charge in [0.15, 0.2) is 9.84 Å². The highest BCUT2D eigenvalue weighted by atomic mass is 35.5. The summed E-state index contributed by atoms with van der Waals surface area (Å²) in [5.74, 6) is -0.698. The molecule has 7 heteroatoms. The van der Waals surface area contributed by atoms with Crippen LogP contribution in [0.5, 0.6) is 0 Å². The maximum Gasteiger partial charge on any atom is 0.235 e. The summed E-state index contributed by atoms with van der Waals surface area (Å²) in [4.78, 5) is 11.8. The molecule has 2 aliphatic rings. The molecule has 136 valence electrons. The van der Waals surface area contributed by atoms with E-state index in [-0.39, 0.29) is 29.3 Å². The molecule has 0 bridgehead atoms. The molecule has 0 radical (unpaired) electrons. The van der Waals surface area contributed by atoms with E-state index in [1.807, 2.05) is 0 Å². The summed E-state index contributed by atoms with van der Waals surface area (Å²) >= 11 is 0. The second kappa shape index (κ2) is 10.5. The van der Waals surface area contributed by atoms with Gasteiger partial charge >= 0.3 is 0 Å². The van der Waals surface area contributed by atoms with Crippen molar-refractivity contribution in [1.82, 2.24) is 10.6 Å². The molecule has 2 saturated carbocycles. The Bertz CT molecular complexity index is 442. The number of carbonyl (C=O) groups is 1. The molecule has 2 aliphatic carbocycles. The summed E-state index contributed by atoms with van der Waals surface area (Å²) in [6.45, 7) is 1.23. The van der Waals surface area contributed by atoms with Crippen LogP contribution in [0.25, 0.3) is 0 Å². The van der Waals surface area contributed by atoms with Gasteiger partial charge in [0.25, 0.3) is 0 Å². The molecular weight excluding hydrogens is 336 g/mol. The summed E-state index contributed by atoms with van der Waals surface area (Å²) in [6, 6.07) is 0.557. The van der Waals surface area contributed by atoms with E-state index in [1.165, 1.54) is 38.5 Å². The Labute approximate surface area is 146 Å². The first kappa shape index (κ1) is 20.7. The number of amides is 1. The molecule has 2 fully saturated rings. The van der Waals surface area contributed by atoms with Crippen molar-refractivity contribution < 1.29 is 13.2 Å². The predicted octanol–water partition coefficient (Wildman–Crippen LogP) is 2.19. The second-order valence-electron chi connectivity index (χ2n) is 6.71. The third-order valence-corrected chi connectivity index (χ3v) is 7.03. The van der Waals surface area contributed by atoms with E-state index in [9.17, 15) is 13.2 Å². The summed E-state index contributed by atoms with van der Waals surface area (Å²) in [7, 11) is -3.25. The highest BCUT2D eigenvalue weighted by Gasteiger charge is 2.30. The number of halogens is 1. The first-order valence-electron chi connectivity index (χ1n) is 8.79. The number of sulfone groups is 1. The van der Waals surface area contributed by atoms with Crippen molar-refractivity contribution in [1.29, 1.82) is 0 Å². The van der Waals surface area contributed by atoms with Crippen LogP contribution in [0.15, 0.2) is 0 Å². The number of hydrogen-bond acceptors (Lipinski definition) is 4. The van der Waals surface area contributed by atoms with Gasteiger partial charge in [-0.15, -0.1) is 12.4 Å². The molecule has 0 aliphatic heterocycles. The number of rotatable bonds is 7. The Morgan fingerprint density at radius 1 is 0.870 bits per heavy atom. The Morgan fingerprint density at radius 2 is 1.43 bits per heavy atom. The fourth-order valence-corrected chi connectivity index (χ4v) is 5.32. The molecule has 0 spiro atoms. The van der Waals surface area contributed by atoms with Gasteiger partial charge in [-0.05, 0) is 25.7 Å². The van der Waals surface area contributed by atoms with Gasteiger partial charge < -0.3 is 10.6 Å². The summed E-state index contributed by atoms with van der Waals surface area (Å²) in [6.07, 6.45) is 11.0. The molecule has 0 atom stereocenters. The molecule has 0 saturated heterocycles. The van der Waals surface area contributed by atoms with Gasteiger partial charge in [0, 0.05) is 19.1 Å². The van der Waals surface area contributed by atoms with Crippen molar-refractivity contribution in [2.24, 2.45) is 0 Å². The van der Waals surface area contributed by atoms with Crippen LogP contribution in [0.2, 0.25) is 0 Å². The smallest absolute Gasteiger partial charge is 0.235 e. The molecule has 2 rings (SSSR count). The van der Waals surface area contributed by atoms with Crippen molar-refractivity contribution >= 4 is 28.2 Å². The summed E-state index contributed by atoms with van der Waals surface area (Å²) in [5, 5.41) is 5.92. The maximum atomic E-state index is 12.1. The van der Waals surface area contributed by atoms with Crippen LogP contribution in [0.1, 0.15) is 64.2 Å². The largest absolute Gasteiger partial charge is 0.354 e. The molecule has 5 nitrogen and oxygen atoms in total. The zero-order chi connectivity index (χ0) is 15.8. The van der Waals surface area contributed by atoms with E-state index in [2.05, 4.69) is 10.6 Å². The van der Waals surface area contributed by atoms with Crippen LogP contribution < -0.4 is 10.6 Å². The fourth-order valence-electron chi connectivity index (χ4n) is 3.56. The van der Waals surface area contributed by atoms with Gasteiger partial charge in [-0.1, -0.05) is 38.5 Å². The summed E-state index contributed by atoms with van der Waals surface area (Å²) < 4.78 is 24.2. The lowest BCUT2D eigenvalue weighted by molar-refractivity contribution is -0.118. The standard InChI is InChI=1S/C16H30N2O3S.ClH/c19-16(13-22(20,21)15-9-5-6-10-15)18-12-11-17-14-7-3-1-2-4-8-14;/h14-15,17H,1-13H2,(H,18,19);1H. The first-order chi connectivity index (χ1) is 10.6. The SMILES string of the molecule is Cl.O=C(CS(=O)(=O)C1CCCC1)NCCNC1CCCCCC1. The van der Waals surface area contributed by atoms with Crippen LogP contribution in [-0.2, 0) is 14.6 Å². The average molecular weight is 367 g/mol. The Kier molecular flexibility index (Phi) is 9.47. The summed E-state index contributed by atoms with van der Waals surface area (Å²) in [5.41, 5.74) is 0. The monoisotopic (exact) mass is 366 g/mol. The van der Waals surface area contributed by atoms with Crippen LogP contribution in [0.3, 0.4) is 0 Å². The predicted molar refractivity (Wildman–Crippen MR) is 95.8 cm³/mol. The number of hydrogen-bond donors (Lipinski definition) is 2. The lowest BCUT2D eigenvalue weighted by Crippen LogP contribution is -2.39. The molecule has 0 heterocycles. The van der Waals surface area contributed by atoms with Gasteiger partial charge in [0.1, 0.15) is 5.75 Å². The Morgan fingerprint density at radius 3 is 2.04 bits per heavy atom. The molecule has 0 aromatic carbocycles. The van der Waals surface area contributed by atoms with Crippen LogP contribution >= 0.6 is 12.4 Å². The maximum absolute atomic E-state index is 12.1. The van der Waals surface area contributed by atoms with E-state index in [4.69, 9.17) is 0 Å². The van der Waals surface area contributed by atoms with Crippen molar-refractivity contribution in [2.75, 3.05) is 18.8 Å². The lowest BCUT2D eigenvalue weighted by Gasteiger charge is -2.16. The molecule has 0 unspecified atom stereocenters. The van der Waals surface area contributed by atoms with Crippen molar-refractivity contribution in [3.05, 3.63) is 0 Å². The van der Waals surface area contributed by atoms with E-state index < -0.39 is 9.84 Å². The van der Waals surface area contributed by atoms with Crippen molar-refractivity contribution in [3.63, 3.8) is 0 Å². The van der Waals surface area contributed by atoms with Crippen LogP contribution in [0.4, 0.5) is 0 Å². The highest BCUT2D eigenvalue weighted by Crippen LogP contribution is 2.25. The van der Waals surface area contributed by atoms with Crippen LogP contribution in [-0.4, -0.2) is 44.5 Å². The van der Waals surface area contributed by atoms with E-state index in [0.717, 1.165) is 32.2 Å². The zero-order valence-electron chi connectivity index (χ0n) is 13.9. The normalized spacial score (nSPS) is 20.7. The van der Waals surface area contributed by atoms with E-state index in [0.29, 0.717) is 12.6 Å². The third kappa shape index (κ3) is 7.40. The van der Waals surface area contributed by atoms with Gasteiger partial charge in [0.05, 0.1) is 5.25 Å². The minimum Gasteiger partial charge on any atom is -0.354 e. The van der Waals surface area contributed by atoms with Gasteiger partial charge in [-0.2, -0.15) is 0 Å². The van der Waals surface area contributed by atoms with E-state index in [1.54, 1.807) is 0 Å². The van der Waals surface area contributed by atoms with Crippen molar-refractivity contribution in [2.45, 2.75) is 75.5 Å². The second-order valence-corrected chi connectivity index (χ2v) is 8.99. The molecule has 0 aromatic rings. The minimum absolute atomic E-state index is 0. The van der Waals surface area contributed by atoms with Crippen molar-refractivity contribution in [3.8, 4) is 0 Å². The lowest BCUT2D eigenvalue weighted by atomic mass is 10.1. The number of carbonyl (C=O) groups excluding carboxylic acids is 1. The van der Waals surface area contributed by atoms with E-state index >= 15 is 0 Å². The van der Waals surface area contributed by atoms with Gasteiger partial charge in [0.2, 0.25) is 5.91 Å². The fraction of sp³-hybridized carbons (Fsp3) is 0.938. The Hall–Kier alpha value is -0.330. The molecule has 1 amide bonds. The Balaban J connectivity index is 0.00000264. The average Bonchev–Trinajstić information content (AvgIpc) is 2.90. The topological polar surface area (TPSA) is 75.3 Å². The molecule has 23 heavy (non-hydrogen) atoms. The third-order valence-electron chi connectivity index (χ3n) is 4.88. The molecular formula is C16H31ClN2O3S. The van der Waals surface area contributed by atoms with Crippen LogP contribution in [0, 0.1) is 0 Å². The van der Waals surface area contributed by atoms with Gasteiger partial charge in [-0.3, -0.25) is 4.79 Å². The first-order valence-corrected chi connectivity index (χ1v) is 10.5. The van der Waals surface area contributed by atoms with Gasteiger partial charge in [-0.25, -0.2) is 8.42 Å². The molecule has 0 aromatic heterocycles.